The largest absolute Gasteiger partial charge is 0.351 e. The SMILES string of the molecule is Cc1ccc(Nc2c(C(=O)N3CCC(c4ccc(F)cc4)CC3)cnc(S(N)(=O)=O)c2Cl)c(F)c1. The average molecular weight is 521 g/mol. The molecule has 1 aliphatic rings. The lowest BCUT2D eigenvalue weighted by atomic mass is 9.89. The van der Waals surface area contributed by atoms with Gasteiger partial charge in [-0.25, -0.2) is 27.3 Å². The molecule has 1 aliphatic heterocycles. The van der Waals surface area contributed by atoms with Gasteiger partial charge in [-0.1, -0.05) is 29.8 Å². The molecule has 0 atom stereocenters. The lowest BCUT2D eigenvalue weighted by Gasteiger charge is -2.32. The van der Waals surface area contributed by atoms with Gasteiger partial charge < -0.3 is 10.2 Å². The summed E-state index contributed by atoms with van der Waals surface area (Å²) >= 11 is 6.32. The van der Waals surface area contributed by atoms with Crippen LogP contribution in [-0.4, -0.2) is 37.3 Å². The molecule has 1 aromatic heterocycles. The Labute approximate surface area is 207 Å². The van der Waals surface area contributed by atoms with Crippen LogP contribution in [0.1, 0.15) is 40.2 Å². The molecule has 3 N–H and O–H groups in total. The number of carbonyl (C=O) groups excluding carboxylic acids is 1. The molecule has 2 heterocycles. The van der Waals surface area contributed by atoms with Crippen molar-refractivity contribution in [2.24, 2.45) is 5.14 Å². The van der Waals surface area contributed by atoms with Gasteiger partial charge >= 0.3 is 0 Å². The first-order chi connectivity index (χ1) is 16.5. The van der Waals surface area contributed by atoms with E-state index < -0.39 is 31.8 Å². The van der Waals surface area contributed by atoms with Crippen molar-refractivity contribution >= 4 is 38.9 Å². The van der Waals surface area contributed by atoms with Gasteiger partial charge in [0, 0.05) is 19.3 Å². The maximum absolute atomic E-state index is 14.5. The molecule has 0 bridgehead atoms. The molecule has 0 saturated carbocycles. The van der Waals surface area contributed by atoms with E-state index in [-0.39, 0.29) is 28.7 Å². The van der Waals surface area contributed by atoms with Crippen molar-refractivity contribution in [3.8, 4) is 0 Å². The van der Waals surface area contributed by atoms with Gasteiger partial charge in [0.1, 0.15) is 16.7 Å². The topological polar surface area (TPSA) is 105 Å². The fraction of sp³-hybridized carbons (Fsp3) is 0.250. The van der Waals surface area contributed by atoms with Gasteiger partial charge in [-0.2, -0.15) is 0 Å². The summed E-state index contributed by atoms with van der Waals surface area (Å²) in [5, 5.41) is 6.95. The quantitative estimate of drug-likeness (QED) is 0.506. The van der Waals surface area contributed by atoms with Crippen molar-refractivity contribution in [2.75, 3.05) is 18.4 Å². The van der Waals surface area contributed by atoms with Crippen molar-refractivity contribution < 1.29 is 22.0 Å². The van der Waals surface area contributed by atoms with Gasteiger partial charge in [-0.15, -0.1) is 0 Å². The molecule has 184 valence electrons. The first kappa shape index (κ1) is 25.0. The van der Waals surface area contributed by atoms with Crippen LogP contribution in [0.5, 0.6) is 0 Å². The first-order valence-corrected chi connectivity index (χ1v) is 12.8. The molecule has 0 unspecified atom stereocenters. The third-order valence-corrected chi connectivity index (χ3v) is 7.32. The molecular weight excluding hydrogens is 498 g/mol. The Hall–Kier alpha value is -3.08. The van der Waals surface area contributed by atoms with Crippen LogP contribution in [0.2, 0.25) is 5.02 Å². The van der Waals surface area contributed by atoms with Crippen molar-refractivity contribution in [2.45, 2.75) is 30.7 Å². The van der Waals surface area contributed by atoms with Gasteiger partial charge in [-0.05, 0) is 61.1 Å². The van der Waals surface area contributed by atoms with E-state index in [1.54, 1.807) is 30.0 Å². The highest BCUT2D eigenvalue weighted by atomic mass is 35.5. The van der Waals surface area contributed by atoms with Crippen molar-refractivity contribution in [3.63, 3.8) is 0 Å². The van der Waals surface area contributed by atoms with E-state index in [1.165, 1.54) is 24.3 Å². The standard InChI is InChI=1S/C24H23ClF2N4O3S/c1-14-2-7-20(19(27)12-14)30-22-18(13-29-23(21(22)25)35(28,33)34)24(32)31-10-8-16(9-11-31)15-3-5-17(26)6-4-15/h2-7,12-13,16H,8-11H2,1H3,(H,29,30)(H2,28,33,34). The summed E-state index contributed by atoms with van der Waals surface area (Å²) in [5.74, 6) is -1.18. The monoisotopic (exact) mass is 520 g/mol. The molecule has 35 heavy (non-hydrogen) atoms. The Balaban J connectivity index is 1.63. The summed E-state index contributed by atoms with van der Waals surface area (Å²) in [5.41, 5.74) is 1.58. The smallest absolute Gasteiger partial charge is 0.257 e. The number of likely N-dealkylation sites (tertiary alicyclic amines) is 1. The molecule has 0 spiro atoms. The number of nitrogens with one attached hydrogen (secondary N) is 1. The van der Waals surface area contributed by atoms with E-state index >= 15 is 0 Å². The van der Waals surface area contributed by atoms with Crippen LogP contribution in [-0.2, 0) is 10.0 Å². The average Bonchev–Trinajstić information content (AvgIpc) is 2.81. The fourth-order valence-corrected chi connectivity index (χ4v) is 5.20. The van der Waals surface area contributed by atoms with Crippen LogP contribution < -0.4 is 10.5 Å². The van der Waals surface area contributed by atoms with E-state index in [0.717, 1.165) is 11.8 Å². The molecule has 4 rings (SSSR count). The fourth-order valence-electron chi connectivity index (χ4n) is 4.13. The zero-order valence-electron chi connectivity index (χ0n) is 18.8. The zero-order chi connectivity index (χ0) is 25.3. The number of carbonyl (C=O) groups is 1. The molecular formula is C24H23ClF2N4O3S. The normalized spacial score (nSPS) is 14.7. The third kappa shape index (κ3) is 5.44. The number of benzene rings is 2. The minimum absolute atomic E-state index is 0.00753. The number of pyridine rings is 1. The molecule has 7 nitrogen and oxygen atoms in total. The summed E-state index contributed by atoms with van der Waals surface area (Å²) < 4.78 is 51.7. The van der Waals surface area contributed by atoms with Gasteiger partial charge in [-0.3, -0.25) is 4.79 Å². The van der Waals surface area contributed by atoms with Crippen LogP contribution in [0.25, 0.3) is 0 Å². The van der Waals surface area contributed by atoms with Gasteiger partial charge in [0.25, 0.3) is 15.9 Å². The van der Waals surface area contributed by atoms with Crippen LogP contribution in [0.4, 0.5) is 20.2 Å². The summed E-state index contributed by atoms with van der Waals surface area (Å²) in [7, 11) is -4.30. The summed E-state index contributed by atoms with van der Waals surface area (Å²) in [6.45, 7) is 2.54. The highest BCUT2D eigenvalue weighted by Crippen LogP contribution is 2.36. The summed E-state index contributed by atoms with van der Waals surface area (Å²) in [6, 6.07) is 10.7. The Kier molecular flexibility index (Phi) is 7.07. The number of halogens is 3. The summed E-state index contributed by atoms with van der Waals surface area (Å²) in [6.07, 6.45) is 2.39. The van der Waals surface area contributed by atoms with Crippen molar-refractivity contribution in [1.29, 1.82) is 0 Å². The second-order valence-electron chi connectivity index (χ2n) is 8.44. The van der Waals surface area contributed by atoms with Crippen LogP contribution >= 0.6 is 11.6 Å². The van der Waals surface area contributed by atoms with Crippen LogP contribution in [0.3, 0.4) is 0 Å². The maximum Gasteiger partial charge on any atom is 0.257 e. The van der Waals surface area contributed by atoms with E-state index in [4.69, 9.17) is 16.7 Å². The number of hydrogen-bond donors (Lipinski definition) is 2. The Morgan fingerprint density at radius 2 is 1.80 bits per heavy atom. The van der Waals surface area contributed by atoms with E-state index in [2.05, 4.69) is 10.3 Å². The van der Waals surface area contributed by atoms with Gasteiger partial charge in [0.05, 0.1) is 16.9 Å². The molecule has 1 fully saturated rings. The minimum Gasteiger partial charge on any atom is -0.351 e. The van der Waals surface area contributed by atoms with Crippen molar-refractivity contribution in [3.05, 3.63) is 82.0 Å². The number of sulfonamides is 1. The van der Waals surface area contributed by atoms with E-state index in [0.29, 0.717) is 31.5 Å². The number of rotatable bonds is 5. The lowest BCUT2D eigenvalue weighted by Crippen LogP contribution is -2.38. The minimum atomic E-state index is -4.30. The first-order valence-electron chi connectivity index (χ1n) is 10.8. The predicted octanol–water partition coefficient (Wildman–Crippen LogP) is 4.73. The number of primary sulfonamides is 1. The second kappa shape index (κ2) is 9.88. The Morgan fingerprint density at radius 1 is 1.14 bits per heavy atom. The highest BCUT2D eigenvalue weighted by molar-refractivity contribution is 7.89. The molecule has 3 aromatic rings. The number of nitrogens with zero attached hydrogens (tertiary/aromatic N) is 2. The van der Waals surface area contributed by atoms with Crippen LogP contribution in [0, 0.1) is 18.6 Å². The van der Waals surface area contributed by atoms with Gasteiger partial charge in [0.2, 0.25) is 0 Å². The predicted molar refractivity (Wildman–Crippen MR) is 129 cm³/mol. The highest BCUT2D eigenvalue weighted by Gasteiger charge is 2.29. The van der Waals surface area contributed by atoms with E-state index in [9.17, 15) is 22.0 Å². The second-order valence-corrected chi connectivity index (χ2v) is 10.3. The number of nitrogens with two attached hydrogens (primary N) is 1. The number of aromatic nitrogens is 1. The zero-order valence-corrected chi connectivity index (χ0v) is 20.3. The number of piperidine rings is 1. The molecule has 11 heteroatoms. The summed E-state index contributed by atoms with van der Waals surface area (Å²) in [4.78, 5) is 18.8. The molecule has 2 aromatic carbocycles. The number of anilines is 2. The molecule has 0 aliphatic carbocycles. The van der Waals surface area contributed by atoms with Crippen molar-refractivity contribution in [1.82, 2.24) is 9.88 Å². The Bertz CT molecular complexity index is 1380. The number of hydrogen-bond acceptors (Lipinski definition) is 5. The number of aryl methyl sites for hydroxylation is 1. The Morgan fingerprint density at radius 3 is 2.40 bits per heavy atom. The lowest BCUT2D eigenvalue weighted by molar-refractivity contribution is 0.0713. The third-order valence-electron chi connectivity index (χ3n) is 6.00. The van der Waals surface area contributed by atoms with Gasteiger partial charge in [0.15, 0.2) is 5.03 Å². The molecule has 0 radical (unpaired) electrons. The van der Waals surface area contributed by atoms with E-state index in [1.807, 2.05) is 0 Å². The maximum atomic E-state index is 14.5. The molecule has 1 amide bonds. The molecule has 1 saturated heterocycles. The van der Waals surface area contributed by atoms with Crippen LogP contribution in [0.15, 0.2) is 53.7 Å². The number of amides is 1.